The Kier molecular flexibility index (Phi) is 3.79. The molecule has 0 aliphatic carbocycles. The van der Waals surface area contributed by atoms with Gasteiger partial charge in [-0.15, -0.1) is 0 Å². The van der Waals surface area contributed by atoms with E-state index >= 15 is 0 Å². The molecule has 0 amide bonds. The fraction of sp³-hybridized carbons (Fsp3) is 0.583. The summed E-state index contributed by atoms with van der Waals surface area (Å²) >= 11 is 5.86. The average molecular weight is 281 g/mol. The zero-order valence-electron chi connectivity index (χ0n) is 10.7. The molecule has 1 fully saturated rings. The van der Waals surface area contributed by atoms with Crippen molar-refractivity contribution >= 4 is 11.6 Å². The topological polar surface area (TPSA) is 62.6 Å². The number of halogens is 1. The number of hydrogen-bond acceptors (Lipinski definition) is 4. The highest BCUT2D eigenvalue weighted by molar-refractivity contribution is 6.30. The molecule has 3 heterocycles. The molecule has 2 aromatic rings. The van der Waals surface area contributed by atoms with Crippen LogP contribution < -0.4 is 0 Å². The number of likely N-dealkylation sites (tertiary alicyclic amines) is 1. The van der Waals surface area contributed by atoms with Gasteiger partial charge in [0.25, 0.3) is 0 Å². The van der Waals surface area contributed by atoms with E-state index in [0.29, 0.717) is 10.9 Å². The molecule has 19 heavy (non-hydrogen) atoms. The largest absolute Gasteiger partial charge is 0.301 e. The molecule has 102 valence electrons. The predicted octanol–water partition coefficient (Wildman–Crippen LogP) is 1.53. The minimum absolute atomic E-state index is 0.470. The first kappa shape index (κ1) is 12.6. The van der Waals surface area contributed by atoms with Crippen molar-refractivity contribution in [1.29, 1.82) is 0 Å². The number of rotatable bonds is 4. The van der Waals surface area contributed by atoms with Crippen molar-refractivity contribution in [2.45, 2.75) is 25.3 Å². The van der Waals surface area contributed by atoms with Gasteiger partial charge < -0.3 is 4.90 Å². The van der Waals surface area contributed by atoms with E-state index in [0.717, 1.165) is 32.0 Å². The van der Waals surface area contributed by atoms with E-state index in [9.17, 15) is 0 Å². The summed E-state index contributed by atoms with van der Waals surface area (Å²) in [6.45, 7) is 4.03. The summed E-state index contributed by atoms with van der Waals surface area (Å²) < 4.78 is 1.89. The molecule has 0 bridgehead atoms. The first-order chi connectivity index (χ1) is 9.31. The lowest BCUT2D eigenvalue weighted by Crippen LogP contribution is -2.36. The lowest BCUT2D eigenvalue weighted by atomic mass is 9.97. The smallest absolute Gasteiger partial charge is 0.137 e. The Morgan fingerprint density at radius 2 is 2.37 bits per heavy atom. The van der Waals surface area contributed by atoms with Crippen molar-refractivity contribution in [3.05, 3.63) is 29.6 Å². The zero-order valence-corrected chi connectivity index (χ0v) is 11.4. The quantitative estimate of drug-likeness (QED) is 0.923. The van der Waals surface area contributed by atoms with Gasteiger partial charge in [0.15, 0.2) is 0 Å². The first-order valence-corrected chi connectivity index (χ1v) is 6.94. The van der Waals surface area contributed by atoms with Gasteiger partial charge in [0.05, 0.1) is 17.8 Å². The third-order valence-electron chi connectivity index (χ3n) is 3.57. The Morgan fingerprint density at radius 3 is 3.11 bits per heavy atom. The molecule has 6 nitrogen and oxygen atoms in total. The molecule has 2 aromatic heterocycles. The second-order valence-electron chi connectivity index (χ2n) is 4.93. The third-order valence-corrected chi connectivity index (χ3v) is 3.77. The van der Waals surface area contributed by atoms with Crippen LogP contribution in [0.15, 0.2) is 18.7 Å². The highest BCUT2D eigenvalue weighted by Crippen LogP contribution is 2.23. The van der Waals surface area contributed by atoms with Crippen LogP contribution in [0.1, 0.15) is 24.6 Å². The SMILES string of the molecule is Clc1cnn(CCN2CCC[C@@H](c3ncn[nH]3)C2)c1. The summed E-state index contributed by atoms with van der Waals surface area (Å²) in [5.41, 5.74) is 0. The van der Waals surface area contributed by atoms with Gasteiger partial charge in [0, 0.05) is 25.2 Å². The normalized spacial score (nSPS) is 20.8. The molecule has 0 aromatic carbocycles. The standard InChI is InChI=1S/C12H17ClN6/c13-11-6-16-19(8-11)5-4-18-3-1-2-10(7-18)12-14-9-15-17-12/h6,8-10H,1-5,7H2,(H,14,15,17)/t10-/m1/s1. The highest BCUT2D eigenvalue weighted by Gasteiger charge is 2.22. The van der Waals surface area contributed by atoms with Gasteiger partial charge >= 0.3 is 0 Å². The van der Waals surface area contributed by atoms with Crippen molar-refractivity contribution in [1.82, 2.24) is 29.9 Å². The number of hydrogen-bond donors (Lipinski definition) is 1. The molecular formula is C12H17ClN6. The van der Waals surface area contributed by atoms with Gasteiger partial charge in [0.1, 0.15) is 12.2 Å². The molecule has 0 spiro atoms. The molecule has 1 aliphatic rings. The van der Waals surface area contributed by atoms with Crippen LogP contribution in [-0.4, -0.2) is 49.5 Å². The Morgan fingerprint density at radius 1 is 1.42 bits per heavy atom. The average Bonchev–Trinajstić information content (AvgIpc) is 3.08. The fourth-order valence-electron chi connectivity index (χ4n) is 2.60. The van der Waals surface area contributed by atoms with Crippen LogP contribution in [0.25, 0.3) is 0 Å². The minimum atomic E-state index is 0.470. The molecule has 0 radical (unpaired) electrons. The number of H-pyrrole nitrogens is 1. The minimum Gasteiger partial charge on any atom is -0.301 e. The molecule has 7 heteroatoms. The van der Waals surface area contributed by atoms with Crippen LogP contribution in [0.5, 0.6) is 0 Å². The van der Waals surface area contributed by atoms with Crippen molar-refractivity contribution < 1.29 is 0 Å². The van der Waals surface area contributed by atoms with E-state index < -0.39 is 0 Å². The van der Waals surface area contributed by atoms with Crippen LogP contribution in [0, 0.1) is 0 Å². The van der Waals surface area contributed by atoms with Gasteiger partial charge in [0.2, 0.25) is 0 Å². The molecule has 3 rings (SSSR count). The van der Waals surface area contributed by atoms with E-state index in [-0.39, 0.29) is 0 Å². The van der Waals surface area contributed by atoms with Crippen LogP contribution in [0.3, 0.4) is 0 Å². The third kappa shape index (κ3) is 3.13. The van der Waals surface area contributed by atoms with Crippen molar-refractivity contribution in [2.75, 3.05) is 19.6 Å². The molecule has 1 saturated heterocycles. The van der Waals surface area contributed by atoms with Gasteiger partial charge in [-0.3, -0.25) is 9.78 Å². The highest BCUT2D eigenvalue weighted by atomic mass is 35.5. The fourth-order valence-corrected chi connectivity index (χ4v) is 2.75. The van der Waals surface area contributed by atoms with Crippen LogP contribution >= 0.6 is 11.6 Å². The maximum atomic E-state index is 5.86. The Balaban J connectivity index is 1.54. The molecule has 0 saturated carbocycles. The van der Waals surface area contributed by atoms with E-state index in [1.54, 1.807) is 12.5 Å². The monoisotopic (exact) mass is 280 g/mol. The Labute approximate surface area is 116 Å². The van der Waals surface area contributed by atoms with Gasteiger partial charge in [-0.25, -0.2) is 4.98 Å². The summed E-state index contributed by atoms with van der Waals surface area (Å²) in [6.07, 6.45) is 7.50. The molecule has 1 atom stereocenters. The molecular weight excluding hydrogens is 264 g/mol. The second kappa shape index (κ2) is 5.71. The van der Waals surface area contributed by atoms with Crippen molar-refractivity contribution in [2.24, 2.45) is 0 Å². The van der Waals surface area contributed by atoms with Crippen molar-refractivity contribution in [3.63, 3.8) is 0 Å². The van der Waals surface area contributed by atoms with Crippen molar-refractivity contribution in [3.8, 4) is 0 Å². The predicted molar refractivity (Wildman–Crippen MR) is 72.0 cm³/mol. The molecule has 0 unspecified atom stereocenters. The summed E-state index contributed by atoms with van der Waals surface area (Å²) in [5, 5.41) is 11.8. The summed E-state index contributed by atoms with van der Waals surface area (Å²) in [4.78, 5) is 6.72. The van der Waals surface area contributed by atoms with E-state index in [4.69, 9.17) is 11.6 Å². The summed E-state index contributed by atoms with van der Waals surface area (Å²) in [7, 11) is 0. The number of piperidine rings is 1. The maximum absolute atomic E-state index is 5.86. The number of nitrogens with one attached hydrogen (secondary N) is 1. The lowest BCUT2D eigenvalue weighted by molar-refractivity contribution is 0.195. The molecule has 1 N–H and O–H groups in total. The maximum Gasteiger partial charge on any atom is 0.137 e. The van der Waals surface area contributed by atoms with Gasteiger partial charge in [-0.05, 0) is 19.4 Å². The van der Waals surface area contributed by atoms with Crippen LogP contribution in [0.2, 0.25) is 5.02 Å². The van der Waals surface area contributed by atoms with E-state index in [2.05, 4.69) is 25.2 Å². The number of nitrogens with zero attached hydrogens (tertiary/aromatic N) is 5. The first-order valence-electron chi connectivity index (χ1n) is 6.57. The lowest BCUT2D eigenvalue weighted by Gasteiger charge is -2.31. The Bertz CT molecular complexity index is 508. The van der Waals surface area contributed by atoms with E-state index in [1.165, 1.54) is 12.8 Å². The number of aromatic nitrogens is 5. The second-order valence-corrected chi connectivity index (χ2v) is 5.37. The molecule has 1 aliphatic heterocycles. The van der Waals surface area contributed by atoms with Crippen LogP contribution in [-0.2, 0) is 6.54 Å². The number of aromatic amines is 1. The Hall–Kier alpha value is -1.40. The van der Waals surface area contributed by atoms with E-state index in [1.807, 2.05) is 10.9 Å². The van der Waals surface area contributed by atoms with Gasteiger partial charge in [-0.2, -0.15) is 10.2 Å². The van der Waals surface area contributed by atoms with Crippen LogP contribution in [0.4, 0.5) is 0 Å². The summed E-state index contributed by atoms with van der Waals surface area (Å²) in [6, 6.07) is 0. The van der Waals surface area contributed by atoms with Gasteiger partial charge in [-0.1, -0.05) is 11.6 Å². The summed E-state index contributed by atoms with van der Waals surface area (Å²) in [5.74, 6) is 1.48. The zero-order chi connectivity index (χ0) is 13.1.